The molecule has 0 bridgehead atoms. The van der Waals surface area contributed by atoms with Gasteiger partial charge in [-0.25, -0.2) is 0 Å². The van der Waals surface area contributed by atoms with Crippen molar-refractivity contribution in [3.63, 3.8) is 0 Å². The molecule has 1 aliphatic rings. The van der Waals surface area contributed by atoms with E-state index in [1.807, 2.05) is 30.0 Å². The molecule has 1 heterocycles. The van der Waals surface area contributed by atoms with Crippen LogP contribution in [-0.2, 0) is 0 Å². The Bertz CT molecular complexity index is 742. The number of benzene rings is 2. The van der Waals surface area contributed by atoms with Crippen molar-refractivity contribution in [3.05, 3.63) is 59.2 Å². The quantitative estimate of drug-likeness (QED) is 0.890. The van der Waals surface area contributed by atoms with E-state index in [-0.39, 0.29) is 30.3 Å². The molecule has 0 aromatic heterocycles. The van der Waals surface area contributed by atoms with Crippen molar-refractivity contribution in [1.29, 1.82) is 0 Å². The van der Waals surface area contributed by atoms with Gasteiger partial charge in [-0.05, 0) is 24.6 Å². The summed E-state index contributed by atoms with van der Waals surface area (Å²) in [7, 11) is 3.18. The molecule has 6 heteroatoms. The number of methoxy groups -OCH3 is 2. The summed E-state index contributed by atoms with van der Waals surface area (Å²) in [4.78, 5) is 14.8. The molecule has 5 nitrogen and oxygen atoms in total. The first kappa shape index (κ1) is 20.1. The molecule has 3 rings (SSSR count). The maximum atomic E-state index is 13.0. The van der Waals surface area contributed by atoms with Gasteiger partial charge < -0.3 is 20.1 Å². The molecule has 2 aromatic carbocycles. The van der Waals surface area contributed by atoms with E-state index in [0.717, 1.165) is 5.56 Å². The first-order valence-electron chi connectivity index (χ1n) is 8.37. The Morgan fingerprint density at radius 2 is 1.65 bits per heavy atom. The summed E-state index contributed by atoms with van der Waals surface area (Å²) in [6.45, 7) is 3.06. The van der Waals surface area contributed by atoms with Crippen LogP contribution < -0.4 is 15.2 Å². The van der Waals surface area contributed by atoms with Crippen LogP contribution in [-0.4, -0.2) is 44.2 Å². The molecular weight excluding hydrogens is 352 g/mol. The van der Waals surface area contributed by atoms with Gasteiger partial charge in [-0.2, -0.15) is 0 Å². The molecule has 0 spiro atoms. The summed E-state index contributed by atoms with van der Waals surface area (Å²) < 4.78 is 10.8. The number of rotatable bonds is 4. The van der Waals surface area contributed by atoms with Gasteiger partial charge in [-0.15, -0.1) is 12.4 Å². The average Bonchev–Trinajstić information content (AvgIpc) is 3.03. The van der Waals surface area contributed by atoms with Gasteiger partial charge in [0.1, 0.15) is 11.5 Å². The van der Waals surface area contributed by atoms with E-state index in [4.69, 9.17) is 15.2 Å². The van der Waals surface area contributed by atoms with E-state index >= 15 is 0 Å². The van der Waals surface area contributed by atoms with Gasteiger partial charge in [-0.3, -0.25) is 4.79 Å². The Balaban J connectivity index is 0.00000243. The van der Waals surface area contributed by atoms with E-state index in [0.29, 0.717) is 30.2 Å². The van der Waals surface area contributed by atoms with Crippen molar-refractivity contribution in [2.24, 2.45) is 5.73 Å². The van der Waals surface area contributed by atoms with Gasteiger partial charge in [0.25, 0.3) is 5.91 Å². The fourth-order valence-electron chi connectivity index (χ4n) is 3.44. The van der Waals surface area contributed by atoms with Crippen molar-refractivity contribution >= 4 is 18.3 Å². The zero-order valence-electron chi connectivity index (χ0n) is 15.3. The molecule has 0 saturated carbocycles. The zero-order chi connectivity index (χ0) is 18.0. The molecule has 1 fully saturated rings. The molecule has 2 aromatic rings. The van der Waals surface area contributed by atoms with Crippen LogP contribution in [0.15, 0.2) is 42.5 Å². The summed E-state index contributed by atoms with van der Waals surface area (Å²) in [6, 6.07) is 13.6. The van der Waals surface area contributed by atoms with Gasteiger partial charge in [0.2, 0.25) is 0 Å². The number of hydrogen-bond donors (Lipinski definition) is 1. The van der Waals surface area contributed by atoms with Crippen LogP contribution in [0.25, 0.3) is 0 Å². The average molecular weight is 377 g/mol. The summed E-state index contributed by atoms with van der Waals surface area (Å²) in [5, 5.41) is 0. The third-order valence-electron chi connectivity index (χ3n) is 4.88. The van der Waals surface area contributed by atoms with E-state index in [2.05, 4.69) is 12.1 Å². The largest absolute Gasteiger partial charge is 0.496 e. The Morgan fingerprint density at radius 3 is 2.19 bits per heavy atom. The predicted octanol–water partition coefficient (Wildman–Crippen LogP) is 3.00. The lowest BCUT2D eigenvalue weighted by molar-refractivity contribution is 0.0788. The van der Waals surface area contributed by atoms with Crippen LogP contribution in [0.5, 0.6) is 11.5 Å². The molecule has 0 aliphatic carbocycles. The van der Waals surface area contributed by atoms with Gasteiger partial charge >= 0.3 is 0 Å². The van der Waals surface area contributed by atoms with Gasteiger partial charge in [0.05, 0.1) is 14.2 Å². The number of ether oxygens (including phenoxy) is 2. The van der Waals surface area contributed by atoms with Crippen molar-refractivity contribution < 1.29 is 14.3 Å². The first-order valence-corrected chi connectivity index (χ1v) is 8.37. The molecule has 1 amide bonds. The second kappa shape index (κ2) is 8.43. The van der Waals surface area contributed by atoms with Crippen molar-refractivity contribution in [3.8, 4) is 11.5 Å². The van der Waals surface area contributed by atoms with Crippen molar-refractivity contribution in [2.75, 3.05) is 27.3 Å². The number of nitrogens with zero attached hydrogens (tertiary/aromatic N) is 1. The Hall–Kier alpha value is -2.24. The number of carbonyl (C=O) groups is 1. The highest BCUT2D eigenvalue weighted by atomic mass is 35.5. The minimum atomic E-state index is -0.0689. The molecule has 2 N–H and O–H groups in total. The van der Waals surface area contributed by atoms with Crippen LogP contribution in [0.4, 0.5) is 0 Å². The molecule has 2 atom stereocenters. The Labute approximate surface area is 160 Å². The second-order valence-electron chi connectivity index (χ2n) is 6.40. The van der Waals surface area contributed by atoms with Crippen molar-refractivity contribution in [2.45, 2.75) is 18.9 Å². The number of halogens is 1. The maximum absolute atomic E-state index is 13.0. The smallest absolute Gasteiger partial charge is 0.254 e. The number of nitrogens with two attached hydrogens (primary N) is 1. The Morgan fingerprint density at radius 1 is 1.08 bits per heavy atom. The third-order valence-corrected chi connectivity index (χ3v) is 4.88. The van der Waals surface area contributed by atoms with Crippen LogP contribution in [0.3, 0.4) is 0 Å². The van der Waals surface area contributed by atoms with Gasteiger partial charge in [0, 0.05) is 36.2 Å². The molecule has 0 unspecified atom stereocenters. The highest BCUT2D eigenvalue weighted by molar-refractivity contribution is 5.95. The number of hydrogen-bond acceptors (Lipinski definition) is 4. The first-order chi connectivity index (χ1) is 12.0. The molecule has 140 valence electrons. The van der Waals surface area contributed by atoms with E-state index in [1.165, 1.54) is 5.56 Å². The highest BCUT2D eigenvalue weighted by Gasteiger charge is 2.34. The lowest BCUT2D eigenvalue weighted by Gasteiger charge is -2.18. The van der Waals surface area contributed by atoms with E-state index in [1.54, 1.807) is 26.4 Å². The zero-order valence-corrected chi connectivity index (χ0v) is 16.1. The number of carbonyl (C=O) groups excluding carboxylic acids is 1. The van der Waals surface area contributed by atoms with Crippen LogP contribution >= 0.6 is 12.4 Å². The van der Waals surface area contributed by atoms with E-state index < -0.39 is 0 Å². The number of amides is 1. The fraction of sp³-hybridized carbons (Fsp3) is 0.350. The molecule has 1 saturated heterocycles. The van der Waals surface area contributed by atoms with Crippen LogP contribution in [0.2, 0.25) is 0 Å². The monoisotopic (exact) mass is 376 g/mol. The third kappa shape index (κ3) is 3.79. The minimum Gasteiger partial charge on any atom is -0.496 e. The predicted molar refractivity (Wildman–Crippen MR) is 105 cm³/mol. The lowest BCUT2D eigenvalue weighted by Crippen LogP contribution is -2.32. The summed E-state index contributed by atoms with van der Waals surface area (Å²) in [5.74, 6) is 1.39. The maximum Gasteiger partial charge on any atom is 0.254 e. The van der Waals surface area contributed by atoms with E-state index in [9.17, 15) is 4.79 Å². The lowest BCUT2D eigenvalue weighted by atomic mass is 9.95. The summed E-state index contributed by atoms with van der Waals surface area (Å²) >= 11 is 0. The van der Waals surface area contributed by atoms with Gasteiger partial charge in [0.15, 0.2) is 0 Å². The second-order valence-corrected chi connectivity index (χ2v) is 6.40. The van der Waals surface area contributed by atoms with Crippen LogP contribution in [0.1, 0.15) is 27.4 Å². The van der Waals surface area contributed by atoms with Crippen molar-refractivity contribution in [1.82, 2.24) is 4.90 Å². The molecule has 1 aliphatic heterocycles. The molecular formula is C20H25ClN2O3. The highest BCUT2D eigenvalue weighted by Crippen LogP contribution is 2.32. The topological polar surface area (TPSA) is 64.8 Å². The molecule has 0 radical (unpaired) electrons. The summed E-state index contributed by atoms with van der Waals surface area (Å²) in [5.41, 5.74) is 8.91. The van der Waals surface area contributed by atoms with Gasteiger partial charge in [-0.1, -0.05) is 30.3 Å². The fourth-order valence-corrected chi connectivity index (χ4v) is 3.44. The molecule has 26 heavy (non-hydrogen) atoms. The minimum absolute atomic E-state index is 0. The standard InChI is InChI=1S/C20H24N2O3.ClH/c1-13-18(24-2)9-15(10-19(13)25-3)20(23)22-11-16(17(21)12-22)14-7-5-4-6-8-14;/h4-10,16-17H,11-12,21H2,1-3H3;1H/t16-,17+;/m0./s1. The SMILES string of the molecule is COc1cc(C(=O)N2C[C@@H](N)[C@H](c3ccccc3)C2)cc(OC)c1C.Cl. The number of likely N-dealkylation sites (tertiary alicyclic amines) is 1. The Kier molecular flexibility index (Phi) is 6.51. The van der Waals surface area contributed by atoms with Crippen LogP contribution in [0, 0.1) is 6.92 Å². The normalized spacial score (nSPS) is 19.0. The summed E-state index contributed by atoms with van der Waals surface area (Å²) in [6.07, 6.45) is 0.